The lowest BCUT2D eigenvalue weighted by Crippen LogP contribution is -2.43. The number of rotatable bonds is 5. The van der Waals surface area contributed by atoms with Crippen LogP contribution in [0.25, 0.3) is 0 Å². The van der Waals surface area contributed by atoms with Crippen molar-refractivity contribution in [2.45, 2.75) is 63.5 Å². The first kappa shape index (κ1) is 16.5. The summed E-state index contributed by atoms with van der Waals surface area (Å²) >= 11 is 0. The van der Waals surface area contributed by atoms with E-state index in [-0.39, 0.29) is 12.6 Å². The highest BCUT2D eigenvalue weighted by atomic mass is 32.2. The smallest absolute Gasteiger partial charge is 0.243 e. The van der Waals surface area contributed by atoms with Crippen molar-refractivity contribution in [1.29, 1.82) is 0 Å². The zero-order valence-electron chi connectivity index (χ0n) is 12.9. The molecule has 0 bridgehead atoms. The summed E-state index contributed by atoms with van der Waals surface area (Å²) in [5.41, 5.74) is 1.39. The van der Waals surface area contributed by atoms with E-state index in [0.717, 1.165) is 37.7 Å². The lowest BCUT2D eigenvalue weighted by molar-refractivity contribution is 0.239. The second-order valence-corrected chi connectivity index (χ2v) is 7.67. The average Bonchev–Trinajstić information content (AvgIpc) is 2.48. The predicted octanol–water partition coefficient (Wildman–Crippen LogP) is 2.83. The maximum Gasteiger partial charge on any atom is 0.243 e. The minimum atomic E-state index is -3.47. The molecule has 1 N–H and O–H groups in total. The van der Waals surface area contributed by atoms with Crippen LogP contribution < -0.4 is 0 Å². The van der Waals surface area contributed by atoms with Gasteiger partial charge in [-0.25, -0.2) is 8.42 Å². The van der Waals surface area contributed by atoms with Crippen LogP contribution in [0.2, 0.25) is 0 Å². The molecule has 1 aromatic rings. The predicted molar refractivity (Wildman–Crippen MR) is 83.5 cm³/mol. The van der Waals surface area contributed by atoms with Crippen molar-refractivity contribution in [2.24, 2.45) is 0 Å². The molecule has 1 unspecified atom stereocenters. The molecule has 21 heavy (non-hydrogen) atoms. The SMILES string of the molecule is CCCC1CCCCN1S(=O)(=O)c1cc(CO)ccc1C. The zero-order chi connectivity index (χ0) is 15.5. The fourth-order valence-corrected chi connectivity index (χ4v) is 5.06. The number of sulfonamides is 1. The normalized spacial score (nSPS) is 20.6. The molecule has 0 aliphatic carbocycles. The molecular formula is C16H25NO3S. The molecule has 1 heterocycles. The van der Waals surface area contributed by atoms with Crippen LogP contribution in [0.1, 0.15) is 50.2 Å². The molecule has 0 aromatic heterocycles. The molecule has 1 aliphatic heterocycles. The molecule has 1 saturated heterocycles. The van der Waals surface area contributed by atoms with Gasteiger partial charge < -0.3 is 5.11 Å². The van der Waals surface area contributed by atoms with E-state index in [9.17, 15) is 13.5 Å². The van der Waals surface area contributed by atoms with Gasteiger partial charge in [0.1, 0.15) is 0 Å². The number of aryl methyl sites for hydroxylation is 1. The molecule has 0 amide bonds. The van der Waals surface area contributed by atoms with Gasteiger partial charge in [0.05, 0.1) is 11.5 Å². The van der Waals surface area contributed by atoms with Gasteiger partial charge in [-0.05, 0) is 43.4 Å². The quantitative estimate of drug-likeness (QED) is 0.909. The summed E-state index contributed by atoms with van der Waals surface area (Å²) in [6.07, 6.45) is 4.89. The summed E-state index contributed by atoms with van der Waals surface area (Å²) in [5, 5.41) is 9.26. The fraction of sp³-hybridized carbons (Fsp3) is 0.625. The Kier molecular flexibility index (Phi) is 5.41. The molecule has 0 radical (unpaired) electrons. The van der Waals surface area contributed by atoms with Crippen LogP contribution in [0.15, 0.2) is 23.1 Å². The summed E-state index contributed by atoms with van der Waals surface area (Å²) < 4.78 is 27.7. The second-order valence-electron chi connectivity index (χ2n) is 5.81. The van der Waals surface area contributed by atoms with E-state index in [1.54, 1.807) is 22.5 Å². The fourth-order valence-electron chi connectivity index (χ4n) is 3.06. The third-order valence-electron chi connectivity index (χ3n) is 4.22. The minimum absolute atomic E-state index is 0.117. The molecule has 0 spiro atoms. The molecule has 4 nitrogen and oxygen atoms in total. The van der Waals surface area contributed by atoms with Crippen LogP contribution in [0.5, 0.6) is 0 Å². The van der Waals surface area contributed by atoms with E-state index < -0.39 is 10.0 Å². The van der Waals surface area contributed by atoms with Crippen LogP contribution in [-0.4, -0.2) is 30.4 Å². The van der Waals surface area contributed by atoms with Crippen molar-refractivity contribution in [3.63, 3.8) is 0 Å². The number of nitrogens with zero attached hydrogens (tertiary/aromatic N) is 1. The number of hydrogen-bond donors (Lipinski definition) is 1. The standard InChI is InChI=1S/C16H25NO3S/c1-3-6-15-7-4-5-10-17(15)21(19,20)16-11-14(12-18)9-8-13(16)2/h8-9,11,15,18H,3-7,10,12H2,1-2H3. The summed E-state index contributed by atoms with van der Waals surface area (Å²) in [5.74, 6) is 0. The van der Waals surface area contributed by atoms with Crippen molar-refractivity contribution in [2.75, 3.05) is 6.54 Å². The van der Waals surface area contributed by atoms with Gasteiger partial charge in [0.2, 0.25) is 10.0 Å². The number of piperidine rings is 1. The Balaban J connectivity index is 2.40. The van der Waals surface area contributed by atoms with Crippen LogP contribution >= 0.6 is 0 Å². The first-order chi connectivity index (χ1) is 10.0. The van der Waals surface area contributed by atoms with Gasteiger partial charge in [-0.1, -0.05) is 31.9 Å². The van der Waals surface area contributed by atoms with E-state index in [0.29, 0.717) is 17.0 Å². The second kappa shape index (κ2) is 6.90. The van der Waals surface area contributed by atoms with E-state index in [4.69, 9.17) is 0 Å². The van der Waals surface area contributed by atoms with Crippen molar-refractivity contribution >= 4 is 10.0 Å². The van der Waals surface area contributed by atoms with Gasteiger partial charge in [-0.15, -0.1) is 0 Å². The molecule has 0 saturated carbocycles. The summed E-state index contributed by atoms with van der Waals surface area (Å²) in [7, 11) is -3.47. The monoisotopic (exact) mass is 311 g/mol. The van der Waals surface area contributed by atoms with Gasteiger partial charge in [-0.3, -0.25) is 0 Å². The highest BCUT2D eigenvalue weighted by Crippen LogP contribution is 2.29. The van der Waals surface area contributed by atoms with Gasteiger partial charge in [0, 0.05) is 12.6 Å². The largest absolute Gasteiger partial charge is 0.392 e. The number of aliphatic hydroxyl groups excluding tert-OH is 1. The van der Waals surface area contributed by atoms with Crippen molar-refractivity contribution in [3.05, 3.63) is 29.3 Å². The van der Waals surface area contributed by atoms with E-state index in [1.807, 2.05) is 6.92 Å². The lowest BCUT2D eigenvalue weighted by atomic mass is 10.0. The molecule has 1 aromatic carbocycles. The number of benzene rings is 1. The van der Waals surface area contributed by atoms with Crippen LogP contribution in [0, 0.1) is 6.92 Å². The van der Waals surface area contributed by atoms with Gasteiger partial charge in [-0.2, -0.15) is 4.31 Å². The third kappa shape index (κ3) is 3.47. The zero-order valence-corrected chi connectivity index (χ0v) is 13.7. The first-order valence-electron chi connectivity index (χ1n) is 7.73. The molecule has 1 aliphatic rings. The number of aliphatic hydroxyl groups is 1. The lowest BCUT2D eigenvalue weighted by Gasteiger charge is -2.35. The van der Waals surface area contributed by atoms with Gasteiger partial charge in [0.15, 0.2) is 0 Å². The Hall–Kier alpha value is -0.910. The molecule has 2 rings (SSSR count). The third-order valence-corrected chi connectivity index (χ3v) is 6.31. The van der Waals surface area contributed by atoms with Gasteiger partial charge in [0.25, 0.3) is 0 Å². The Morgan fingerprint density at radius 2 is 2.10 bits per heavy atom. The van der Waals surface area contributed by atoms with Crippen LogP contribution in [0.3, 0.4) is 0 Å². The Morgan fingerprint density at radius 1 is 1.33 bits per heavy atom. The Morgan fingerprint density at radius 3 is 2.76 bits per heavy atom. The van der Waals surface area contributed by atoms with E-state index in [2.05, 4.69) is 6.92 Å². The maximum atomic E-state index is 13.0. The van der Waals surface area contributed by atoms with E-state index in [1.165, 1.54) is 0 Å². The Bertz CT molecular complexity index is 581. The summed E-state index contributed by atoms with van der Waals surface area (Å²) in [6, 6.07) is 5.28. The van der Waals surface area contributed by atoms with Crippen molar-refractivity contribution < 1.29 is 13.5 Å². The topological polar surface area (TPSA) is 57.6 Å². The highest BCUT2D eigenvalue weighted by Gasteiger charge is 2.33. The molecular weight excluding hydrogens is 286 g/mol. The molecule has 118 valence electrons. The molecule has 5 heteroatoms. The van der Waals surface area contributed by atoms with Crippen LogP contribution in [0.4, 0.5) is 0 Å². The van der Waals surface area contributed by atoms with E-state index >= 15 is 0 Å². The highest BCUT2D eigenvalue weighted by molar-refractivity contribution is 7.89. The summed E-state index contributed by atoms with van der Waals surface area (Å²) in [4.78, 5) is 0.344. The molecule has 1 atom stereocenters. The number of hydrogen-bond acceptors (Lipinski definition) is 3. The minimum Gasteiger partial charge on any atom is -0.392 e. The average molecular weight is 311 g/mol. The van der Waals surface area contributed by atoms with Gasteiger partial charge >= 0.3 is 0 Å². The van der Waals surface area contributed by atoms with Crippen molar-refractivity contribution in [3.8, 4) is 0 Å². The van der Waals surface area contributed by atoms with Crippen molar-refractivity contribution in [1.82, 2.24) is 4.31 Å². The first-order valence-corrected chi connectivity index (χ1v) is 9.17. The van der Waals surface area contributed by atoms with Crippen LogP contribution in [-0.2, 0) is 16.6 Å². The molecule has 1 fully saturated rings. The summed E-state index contributed by atoms with van der Waals surface area (Å²) in [6.45, 7) is 4.38. The maximum absolute atomic E-state index is 13.0. The Labute approximate surface area is 127 Å².